The molecule has 1 aliphatic heterocycles. The number of nitrogens with zero attached hydrogens (tertiary/aromatic N) is 2. The van der Waals surface area contributed by atoms with Gasteiger partial charge in [-0.25, -0.2) is 0 Å². The molecular formula is C18H22Cl2N4O. The van der Waals surface area contributed by atoms with E-state index in [4.69, 9.17) is 11.6 Å². The SMILES string of the molecule is Cc1ccc(NC(=O)CN2CCNCC2c2cccnc2)c(Cl)c1.Cl. The molecule has 134 valence electrons. The number of amides is 1. The maximum absolute atomic E-state index is 12.4. The minimum Gasteiger partial charge on any atom is -0.324 e. The second-order valence-corrected chi connectivity index (χ2v) is 6.42. The van der Waals surface area contributed by atoms with Crippen LogP contribution in [-0.4, -0.2) is 42.0 Å². The molecule has 1 aromatic heterocycles. The average molecular weight is 381 g/mol. The highest BCUT2D eigenvalue weighted by atomic mass is 35.5. The first-order chi connectivity index (χ1) is 11.6. The summed E-state index contributed by atoms with van der Waals surface area (Å²) in [4.78, 5) is 18.8. The Labute approximate surface area is 159 Å². The van der Waals surface area contributed by atoms with Crippen molar-refractivity contribution in [2.75, 3.05) is 31.5 Å². The third-order valence-corrected chi connectivity index (χ3v) is 4.48. The predicted molar refractivity (Wildman–Crippen MR) is 103 cm³/mol. The molecule has 0 aliphatic carbocycles. The van der Waals surface area contributed by atoms with Crippen molar-refractivity contribution in [3.63, 3.8) is 0 Å². The summed E-state index contributed by atoms with van der Waals surface area (Å²) >= 11 is 6.19. The van der Waals surface area contributed by atoms with Crippen molar-refractivity contribution < 1.29 is 4.79 Å². The van der Waals surface area contributed by atoms with Gasteiger partial charge in [-0.2, -0.15) is 0 Å². The van der Waals surface area contributed by atoms with Crippen molar-refractivity contribution in [2.24, 2.45) is 0 Å². The van der Waals surface area contributed by atoms with Gasteiger partial charge in [0, 0.05) is 38.1 Å². The maximum Gasteiger partial charge on any atom is 0.238 e. The van der Waals surface area contributed by atoms with Crippen molar-refractivity contribution in [2.45, 2.75) is 13.0 Å². The smallest absolute Gasteiger partial charge is 0.238 e. The zero-order valence-electron chi connectivity index (χ0n) is 14.0. The number of carbonyl (C=O) groups excluding carboxylic acids is 1. The van der Waals surface area contributed by atoms with Gasteiger partial charge in [-0.3, -0.25) is 14.7 Å². The Morgan fingerprint density at radius 1 is 1.44 bits per heavy atom. The fourth-order valence-corrected chi connectivity index (χ4v) is 3.22. The fraction of sp³-hybridized carbons (Fsp3) is 0.333. The molecule has 2 N–H and O–H groups in total. The third kappa shape index (κ3) is 5.16. The molecule has 1 atom stereocenters. The van der Waals surface area contributed by atoms with Gasteiger partial charge in [0.1, 0.15) is 0 Å². The van der Waals surface area contributed by atoms with Crippen LogP contribution in [0.15, 0.2) is 42.7 Å². The number of hydrogen-bond acceptors (Lipinski definition) is 4. The molecule has 0 radical (unpaired) electrons. The van der Waals surface area contributed by atoms with Crippen molar-refractivity contribution in [1.82, 2.24) is 15.2 Å². The van der Waals surface area contributed by atoms with Crippen molar-refractivity contribution in [3.05, 3.63) is 58.9 Å². The summed E-state index contributed by atoms with van der Waals surface area (Å²) in [5.41, 5.74) is 2.84. The Kier molecular flexibility index (Phi) is 7.20. The minimum absolute atomic E-state index is 0. The van der Waals surface area contributed by atoms with Gasteiger partial charge >= 0.3 is 0 Å². The first kappa shape index (κ1) is 19.7. The summed E-state index contributed by atoms with van der Waals surface area (Å²) in [5.74, 6) is -0.0588. The number of nitrogens with one attached hydrogen (secondary N) is 2. The van der Waals surface area contributed by atoms with E-state index in [-0.39, 0.29) is 24.4 Å². The number of halogens is 2. The standard InChI is InChI=1S/C18H21ClN4O.ClH/c1-13-4-5-16(15(19)9-13)22-18(24)12-23-8-7-21-11-17(23)14-3-2-6-20-10-14;/h2-6,9-10,17,21H,7-8,11-12H2,1H3,(H,22,24);1H. The Hall–Kier alpha value is -1.66. The monoisotopic (exact) mass is 380 g/mol. The van der Waals surface area contributed by atoms with Gasteiger partial charge in [0.05, 0.1) is 17.3 Å². The summed E-state index contributed by atoms with van der Waals surface area (Å²) in [7, 11) is 0. The van der Waals surface area contributed by atoms with E-state index in [1.54, 1.807) is 6.20 Å². The third-order valence-electron chi connectivity index (χ3n) is 4.17. The predicted octanol–water partition coefficient (Wildman–Crippen LogP) is 3.05. The zero-order valence-corrected chi connectivity index (χ0v) is 15.6. The molecule has 2 aromatic rings. The fourth-order valence-electron chi connectivity index (χ4n) is 2.93. The van der Waals surface area contributed by atoms with Gasteiger partial charge in [0.15, 0.2) is 0 Å². The molecule has 1 saturated heterocycles. The van der Waals surface area contributed by atoms with E-state index in [0.29, 0.717) is 17.3 Å². The number of benzene rings is 1. The molecule has 2 heterocycles. The number of aromatic nitrogens is 1. The molecule has 1 unspecified atom stereocenters. The van der Waals surface area contributed by atoms with E-state index in [1.165, 1.54) is 0 Å². The first-order valence-electron chi connectivity index (χ1n) is 8.04. The topological polar surface area (TPSA) is 57.3 Å². The summed E-state index contributed by atoms with van der Waals surface area (Å²) in [6, 6.07) is 9.74. The number of carbonyl (C=O) groups is 1. The normalized spacial score (nSPS) is 17.6. The van der Waals surface area contributed by atoms with Crippen LogP contribution in [0.3, 0.4) is 0 Å². The van der Waals surface area contributed by atoms with Crippen LogP contribution in [0.4, 0.5) is 5.69 Å². The van der Waals surface area contributed by atoms with Crippen LogP contribution >= 0.6 is 24.0 Å². The number of piperazine rings is 1. The number of hydrogen-bond donors (Lipinski definition) is 2. The Morgan fingerprint density at radius 3 is 3.00 bits per heavy atom. The molecule has 7 heteroatoms. The number of anilines is 1. The lowest BCUT2D eigenvalue weighted by Crippen LogP contribution is -2.48. The van der Waals surface area contributed by atoms with Crippen LogP contribution in [0.2, 0.25) is 5.02 Å². The van der Waals surface area contributed by atoms with E-state index in [1.807, 2.05) is 43.5 Å². The van der Waals surface area contributed by atoms with Crippen molar-refractivity contribution in [1.29, 1.82) is 0 Å². The van der Waals surface area contributed by atoms with Gasteiger partial charge in [-0.15, -0.1) is 12.4 Å². The van der Waals surface area contributed by atoms with Crippen LogP contribution in [0, 0.1) is 6.92 Å². The number of aryl methyl sites for hydroxylation is 1. The Morgan fingerprint density at radius 2 is 2.28 bits per heavy atom. The van der Waals surface area contributed by atoms with Crippen LogP contribution in [0.25, 0.3) is 0 Å². The van der Waals surface area contributed by atoms with E-state index >= 15 is 0 Å². The molecule has 5 nitrogen and oxygen atoms in total. The van der Waals surface area contributed by atoms with E-state index < -0.39 is 0 Å². The molecule has 1 aromatic carbocycles. The molecule has 1 aliphatic rings. The molecule has 0 saturated carbocycles. The summed E-state index contributed by atoms with van der Waals surface area (Å²) in [6.07, 6.45) is 3.62. The largest absolute Gasteiger partial charge is 0.324 e. The van der Waals surface area contributed by atoms with Crippen LogP contribution < -0.4 is 10.6 Å². The van der Waals surface area contributed by atoms with Crippen molar-refractivity contribution in [3.8, 4) is 0 Å². The van der Waals surface area contributed by atoms with Gasteiger partial charge in [0.25, 0.3) is 0 Å². The maximum atomic E-state index is 12.4. The summed E-state index contributed by atoms with van der Waals surface area (Å²) < 4.78 is 0. The van der Waals surface area contributed by atoms with Gasteiger partial charge in [-0.1, -0.05) is 23.7 Å². The first-order valence-corrected chi connectivity index (χ1v) is 8.42. The number of pyridine rings is 1. The minimum atomic E-state index is -0.0588. The van der Waals surface area contributed by atoms with Crippen molar-refractivity contribution >= 4 is 35.6 Å². The van der Waals surface area contributed by atoms with Gasteiger partial charge in [-0.05, 0) is 36.2 Å². The van der Waals surface area contributed by atoms with E-state index in [0.717, 1.165) is 30.8 Å². The summed E-state index contributed by atoms with van der Waals surface area (Å²) in [6.45, 7) is 4.79. The molecule has 1 fully saturated rings. The highest BCUT2D eigenvalue weighted by Crippen LogP contribution is 2.24. The van der Waals surface area contributed by atoms with Crippen LogP contribution in [0.1, 0.15) is 17.2 Å². The lowest BCUT2D eigenvalue weighted by molar-refractivity contribution is -0.118. The van der Waals surface area contributed by atoms with Gasteiger partial charge < -0.3 is 10.6 Å². The van der Waals surface area contributed by atoms with E-state index in [9.17, 15) is 4.79 Å². The molecule has 3 rings (SSSR count). The van der Waals surface area contributed by atoms with Crippen LogP contribution in [0.5, 0.6) is 0 Å². The molecule has 0 bridgehead atoms. The molecule has 25 heavy (non-hydrogen) atoms. The Bertz CT molecular complexity index is 711. The lowest BCUT2D eigenvalue weighted by Gasteiger charge is -2.35. The second-order valence-electron chi connectivity index (χ2n) is 6.01. The zero-order chi connectivity index (χ0) is 16.9. The van der Waals surface area contributed by atoms with Gasteiger partial charge in [0.2, 0.25) is 5.91 Å². The lowest BCUT2D eigenvalue weighted by atomic mass is 10.1. The molecular weight excluding hydrogens is 359 g/mol. The second kappa shape index (κ2) is 9.15. The number of rotatable bonds is 4. The quantitative estimate of drug-likeness (QED) is 0.855. The highest BCUT2D eigenvalue weighted by Gasteiger charge is 2.25. The average Bonchev–Trinajstić information content (AvgIpc) is 2.59. The molecule has 1 amide bonds. The van der Waals surface area contributed by atoms with E-state index in [2.05, 4.69) is 20.5 Å². The Balaban J connectivity index is 0.00000225. The molecule has 0 spiro atoms. The van der Waals surface area contributed by atoms with Crippen LogP contribution in [-0.2, 0) is 4.79 Å². The highest BCUT2D eigenvalue weighted by molar-refractivity contribution is 6.33. The summed E-state index contributed by atoms with van der Waals surface area (Å²) in [5, 5.41) is 6.85.